The van der Waals surface area contributed by atoms with Gasteiger partial charge < -0.3 is 14.2 Å². The quantitative estimate of drug-likeness (QED) is 0.396. The molecule has 0 bridgehead atoms. The van der Waals surface area contributed by atoms with Gasteiger partial charge in [0.05, 0.1) is 16.0 Å². The molecule has 1 saturated heterocycles. The standard InChI is InChI=1S/C23H19BrN2O7/c24-18-19(33-22(29)15-9-5-2-6-10-15)16(13-31-21(28)14-7-3-1-4-8-14)32-20(18)26-12-11-17(27)25-23(26)30/h1-12,16,18-20H,13H2,(H,25,27,30)/t16-,18?,19?,20-/m1/s1. The van der Waals surface area contributed by atoms with Crippen LogP contribution in [0.1, 0.15) is 26.9 Å². The van der Waals surface area contributed by atoms with Crippen molar-refractivity contribution in [1.82, 2.24) is 9.55 Å². The highest BCUT2D eigenvalue weighted by atomic mass is 79.9. The fourth-order valence-electron chi connectivity index (χ4n) is 3.40. The van der Waals surface area contributed by atoms with Crippen molar-refractivity contribution >= 4 is 27.9 Å². The fourth-order valence-corrected chi connectivity index (χ4v) is 4.23. The molecule has 1 fully saturated rings. The van der Waals surface area contributed by atoms with Gasteiger partial charge in [-0.3, -0.25) is 14.3 Å². The van der Waals surface area contributed by atoms with Crippen molar-refractivity contribution in [3.63, 3.8) is 0 Å². The third-order valence-electron chi connectivity index (χ3n) is 5.03. The Kier molecular flexibility index (Phi) is 6.85. The van der Waals surface area contributed by atoms with Gasteiger partial charge in [-0.25, -0.2) is 14.4 Å². The first-order valence-corrected chi connectivity index (χ1v) is 10.9. The van der Waals surface area contributed by atoms with E-state index in [1.807, 2.05) is 0 Å². The summed E-state index contributed by atoms with van der Waals surface area (Å²) in [6.45, 7) is -0.225. The van der Waals surface area contributed by atoms with Gasteiger partial charge in [0.15, 0.2) is 6.23 Å². The van der Waals surface area contributed by atoms with E-state index in [1.165, 1.54) is 16.8 Å². The number of esters is 2. The lowest BCUT2D eigenvalue weighted by molar-refractivity contribution is -0.0581. The molecule has 0 saturated carbocycles. The minimum Gasteiger partial charge on any atom is -0.459 e. The van der Waals surface area contributed by atoms with Crippen LogP contribution in [-0.4, -0.2) is 45.1 Å². The van der Waals surface area contributed by atoms with E-state index in [2.05, 4.69) is 20.9 Å². The van der Waals surface area contributed by atoms with Gasteiger partial charge in [-0.05, 0) is 24.3 Å². The fraction of sp³-hybridized carbons (Fsp3) is 0.217. The predicted molar refractivity (Wildman–Crippen MR) is 120 cm³/mol. The predicted octanol–water partition coefficient (Wildman–Crippen LogP) is 2.28. The molecular formula is C23H19BrN2O7. The Morgan fingerprint density at radius 2 is 1.55 bits per heavy atom. The molecule has 1 N–H and O–H groups in total. The highest BCUT2D eigenvalue weighted by Gasteiger charge is 2.47. The molecular weight excluding hydrogens is 496 g/mol. The van der Waals surface area contributed by atoms with Gasteiger partial charge in [0.1, 0.15) is 18.8 Å². The normalized spacial score (nSPS) is 22.0. The van der Waals surface area contributed by atoms with Crippen molar-refractivity contribution in [2.45, 2.75) is 23.3 Å². The van der Waals surface area contributed by atoms with Crippen molar-refractivity contribution < 1.29 is 23.8 Å². The molecule has 2 heterocycles. The minimum atomic E-state index is -0.927. The molecule has 2 aromatic carbocycles. The Balaban J connectivity index is 1.56. The molecule has 4 rings (SSSR count). The molecule has 0 radical (unpaired) electrons. The second kappa shape index (κ2) is 9.97. The maximum atomic E-state index is 12.7. The number of carbonyl (C=O) groups excluding carboxylic acids is 2. The number of aromatic amines is 1. The van der Waals surface area contributed by atoms with Crippen LogP contribution < -0.4 is 11.2 Å². The molecule has 33 heavy (non-hydrogen) atoms. The van der Waals surface area contributed by atoms with Crippen LogP contribution in [0.25, 0.3) is 0 Å². The topological polar surface area (TPSA) is 117 Å². The second-order valence-corrected chi connectivity index (χ2v) is 8.28. The van der Waals surface area contributed by atoms with Crippen LogP contribution >= 0.6 is 15.9 Å². The number of nitrogens with zero attached hydrogens (tertiary/aromatic N) is 1. The molecule has 0 amide bonds. The number of benzene rings is 2. The molecule has 9 nitrogen and oxygen atoms in total. The number of H-pyrrole nitrogens is 1. The summed E-state index contributed by atoms with van der Waals surface area (Å²) in [7, 11) is 0. The third-order valence-corrected chi connectivity index (χ3v) is 6.01. The van der Waals surface area contributed by atoms with Crippen LogP contribution in [0.4, 0.5) is 0 Å². The molecule has 1 aliphatic heterocycles. The summed E-state index contributed by atoms with van der Waals surface area (Å²) < 4.78 is 18.2. The van der Waals surface area contributed by atoms with Crippen molar-refractivity contribution in [2.24, 2.45) is 0 Å². The van der Waals surface area contributed by atoms with Gasteiger partial charge in [0, 0.05) is 12.3 Å². The Morgan fingerprint density at radius 1 is 0.939 bits per heavy atom. The van der Waals surface area contributed by atoms with Crippen molar-refractivity contribution in [2.75, 3.05) is 6.61 Å². The van der Waals surface area contributed by atoms with Crippen LogP contribution in [0.2, 0.25) is 0 Å². The average Bonchev–Trinajstić information content (AvgIpc) is 3.13. The van der Waals surface area contributed by atoms with Crippen LogP contribution in [0.3, 0.4) is 0 Å². The Bertz CT molecular complexity index is 1240. The Hall–Kier alpha value is -3.50. The smallest absolute Gasteiger partial charge is 0.338 e. The largest absolute Gasteiger partial charge is 0.459 e. The zero-order valence-electron chi connectivity index (χ0n) is 17.1. The maximum absolute atomic E-state index is 12.7. The van der Waals surface area contributed by atoms with Gasteiger partial charge in [0.25, 0.3) is 5.56 Å². The van der Waals surface area contributed by atoms with E-state index in [0.717, 1.165) is 0 Å². The van der Waals surface area contributed by atoms with Crippen LogP contribution in [0.15, 0.2) is 82.5 Å². The SMILES string of the molecule is O=C(OC[C@H]1O[C@@H](n2ccc(=O)[nH]c2=O)C(Br)C1OC(=O)c1ccccc1)c1ccccc1. The number of ether oxygens (including phenoxy) is 3. The summed E-state index contributed by atoms with van der Waals surface area (Å²) in [6.07, 6.45) is -1.42. The number of nitrogens with one attached hydrogen (secondary N) is 1. The zero-order valence-corrected chi connectivity index (χ0v) is 18.7. The molecule has 10 heteroatoms. The molecule has 3 aromatic rings. The molecule has 1 aromatic heterocycles. The van der Waals surface area contributed by atoms with E-state index in [9.17, 15) is 19.2 Å². The van der Waals surface area contributed by atoms with Crippen molar-refractivity contribution in [3.8, 4) is 0 Å². The number of rotatable bonds is 6. The number of hydrogen-bond donors (Lipinski definition) is 1. The first kappa shape index (κ1) is 22.7. The zero-order chi connectivity index (χ0) is 23.4. The molecule has 0 aliphatic carbocycles. The number of hydrogen-bond acceptors (Lipinski definition) is 7. The van der Waals surface area contributed by atoms with E-state index < -0.39 is 46.5 Å². The average molecular weight is 515 g/mol. The summed E-state index contributed by atoms with van der Waals surface area (Å²) in [6, 6.07) is 18.0. The number of alkyl halides is 1. The summed E-state index contributed by atoms with van der Waals surface area (Å²) in [4.78, 5) is 50.3. The summed E-state index contributed by atoms with van der Waals surface area (Å²) in [5.41, 5.74) is -0.549. The molecule has 0 spiro atoms. The van der Waals surface area contributed by atoms with Crippen molar-refractivity contribution in [1.29, 1.82) is 0 Å². The first-order valence-electron chi connectivity index (χ1n) is 10.0. The van der Waals surface area contributed by atoms with E-state index >= 15 is 0 Å². The summed E-state index contributed by atoms with van der Waals surface area (Å²) in [5, 5.41) is 0. The number of carbonyl (C=O) groups is 2. The van der Waals surface area contributed by atoms with Crippen LogP contribution in [0, 0.1) is 0 Å². The van der Waals surface area contributed by atoms with Crippen LogP contribution in [0.5, 0.6) is 0 Å². The Labute approximate surface area is 196 Å². The minimum absolute atomic E-state index is 0.225. The molecule has 1 aliphatic rings. The molecule has 4 atom stereocenters. The number of aromatic nitrogens is 2. The van der Waals surface area contributed by atoms with Gasteiger partial charge in [0.2, 0.25) is 0 Å². The molecule has 170 valence electrons. The van der Waals surface area contributed by atoms with E-state index in [1.54, 1.807) is 60.7 Å². The van der Waals surface area contributed by atoms with E-state index in [-0.39, 0.29) is 6.61 Å². The van der Waals surface area contributed by atoms with Crippen LogP contribution in [-0.2, 0) is 14.2 Å². The number of halogens is 1. The Morgan fingerprint density at radius 3 is 2.15 bits per heavy atom. The van der Waals surface area contributed by atoms with E-state index in [0.29, 0.717) is 11.1 Å². The van der Waals surface area contributed by atoms with Crippen molar-refractivity contribution in [3.05, 3.63) is 105 Å². The third kappa shape index (κ3) is 5.12. The summed E-state index contributed by atoms with van der Waals surface area (Å²) >= 11 is 3.46. The van der Waals surface area contributed by atoms with Gasteiger partial charge in [-0.2, -0.15) is 0 Å². The van der Waals surface area contributed by atoms with Gasteiger partial charge in [-0.15, -0.1) is 0 Å². The first-order chi connectivity index (χ1) is 15.9. The van der Waals surface area contributed by atoms with E-state index in [4.69, 9.17) is 14.2 Å². The van der Waals surface area contributed by atoms with Gasteiger partial charge in [-0.1, -0.05) is 52.3 Å². The highest BCUT2D eigenvalue weighted by Crippen LogP contribution is 2.36. The monoisotopic (exact) mass is 514 g/mol. The second-order valence-electron chi connectivity index (χ2n) is 7.23. The summed E-state index contributed by atoms with van der Waals surface area (Å²) in [5.74, 6) is -1.16. The highest BCUT2D eigenvalue weighted by molar-refractivity contribution is 9.09. The maximum Gasteiger partial charge on any atom is 0.338 e. The lowest BCUT2D eigenvalue weighted by atomic mass is 10.1. The molecule has 2 unspecified atom stereocenters. The lowest BCUT2D eigenvalue weighted by Crippen LogP contribution is -2.37. The van der Waals surface area contributed by atoms with Gasteiger partial charge >= 0.3 is 17.6 Å². The lowest BCUT2D eigenvalue weighted by Gasteiger charge is -2.20.